The summed E-state index contributed by atoms with van der Waals surface area (Å²) in [5, 5.41) is 12.9. The van der Waals surface area contributed by atoms with E-state index in [0.29, 0.717) is 11.3 Å². The average Bonchev–Trinajstić information content (AvgIpc) is 3.11. The SMILES string of the molecule is CCn1ccnc1-c1cccc(NC(=O)[C@H](O)c2ccccc2)c1. The zero-order valence-electron chi connectivity index (χ0n) is 13.4. The summed E-state index contributed by atoms with van der Waals surface area (Å²) in [5.74, 6) is 0.384. The van der Waals surface area contributed by atoms with Crippen LogP contribution in [0, 0.1) is 0 Å². The molecule has 2 aromatic carbocycles. The summed E-state index contributed by atoms with van der Waals surface area (Å²) in [5.41, 5.74) is 2.10. The maximum atomic E-state index is 12.3. The number of rotatable bonds is 5. The monoisotopic (exact) mass is 321 g/mol. The Bertz CT molecular complexity index is 827. The van der Waals surface area contributed by atoms with Crippen LogP contribution in [-0.4, -0.2) is 20.6 Å². The van der Waals surface area contributed by atoms with Crippen LogP contribution in [0.4, 0.5) is 5.69 Å². The number of carbonyl (C=O) groups excluding carboxylic acids is 1. The van der Waals surface area contributed by atoms with E-state index in [0.717, 1.165) is 17.9 Å². The number of aliphatic hydroxyl groups is 1. The lowest BCUT2D eigenvalue weighted by atomic mass is 10.1. The molecule has 0 saturated heterocycles. The second-order valence-corrected chi connectivity index (χ2v) is 5.42. The van der Waals surface area contributed by atoms with Gasteiger partial charge in [-0.1, -0.05) is 42.5 Å². The lowest BCUT2D eigenvalue weighted by molar-refractivity contribution is -0.124. The van der Waals surface area contributed by atoms with Gasteiger partial charge in [0.1, 0.15) is 5.82 Å². The summed E-state index contributed by atoms with van der Waals surface area (Å²) in [6, 6.07) is 16.3. The molecule has 0 spiro atoms. The predicted octanol–water partition coefficient (Wildman–Crippen LogP) is 3.24. The maximum absolute atomic E-state index is 12.3. The van der Waals surface area contributed by atoms with Gasteiger partial charge in [-0.15, -0.1) is 0 Å². The van der Waals surface area contributed by atoms with Crippen molar-refractivity contribution < 1.29 is 9.90 Å². The zero-order valence-corrected chi connectivity index (χ0v) is 13.4. The molecule has 1 aromatic heterocycles. The Labute approximate surface area is 140 Å². The molecule has 5 nitrogen and oxygen atoms in total. The van der Waals surface area contributed by atoms with Gasteiger partial charge in [-0.25, -0.2) is 4.98 Å². The predicted molar refractivity (Wildman–Crippen MR) is 93.4 cm³/mol. The number of benzene rings is 2. The van der Waals surface area contributed by atoms with Crippen molar-refractivity contribution in [1.29, 1.82) is 0 Å². The number of amides is 1. The molecule has 24 heavy (non-hydrogen) atoms. The second kappa shape index (κ2) is 7.10. The summed E-state index contributed by atoms with van der Waals surface area (Å²) in [7, 11) is 0. The second-order valence-electron chi connectivity index (χ2n) is 5.42. The first kappa shape index (κ1) is 16.0. The third kappa shape index (κ3) is 3.36. The van der Waals surface area contributed by atoms with Crippen LogP contribution < -0.4 is 5.32 Å². The Balaban J connectivity index is 1.79. The van der Waals surface area contributed by atoms with Crippen LogP contribution in [0.3, 0.4) is 0 Å². The standard InChI is InChI=1S/C19H19N3O2/c1-2-22-12-11-20-18(22)15-9-6-10-16(13-15)21-19(24)17(23)14-7-4-3-5-8-14/h3-13,17,23H,2H2,1H3,(H,21,24)/t17-/m1/s1. The summed E-state index contributed by atoms with van der Waals surface area (Å²) in [6.07, 6.45) is 2.47. The van der Waals surface area contributed by atoms with Crippen molar-refractivity contribution in [3.8, 4) is 11.4 Å². The molecule has 0 aliphatic heterocycles. The van der Waals surface area contributed by atoms with E-state index in [1.54, 1.807) is 36.5 Å². The highest BCUT2D eigenvalue weighted by Gasteiger charge is 2.17. The van der Waals surface area contributed by atoms with Crippen LogP contribution in [0.2, 0.25) is 0 Å². The molecule has 0 aliphatic rings. The van der Waals surface area contributed by atoms with E-state index in [1.807, 2.05) is 42.0 Å². The molecule has 1 amide bonds. The first-order valence-corrected chi connectivity index (χ1v) is 7.84. The summed E-state index contributed by atoms with van der Waals surface area (Å²) >= 11 is 0. The number of aromatic nitrogens is 2. The molecule has 0 aliphatic carbocycles. The molecule has 2 N–H and O–H groups in total. The molecular formula is C19H19N3O2. The number of nitrogens with one attached hydrogen (secondary N) is 1. The Morgan fingerprint density at radius 2 is 2.00 bits per heavy atom. The quantitative estimate of drug-likeness (QED) is 0.758. The third-order valence-corrected chi connectivity index (χ3v) is 3.81. The highest BCUT2D eigenvalue weighted by Crippen LogP contribution is 2.22. The van der Waals surface area contributed by atoms with E-state index in [-0.39, 0.29) is 0 Å². The Morgan fingerprint density at radius 1 is 1.21 bits per heavy atom. The topological polar surface area (TPSA) is 67.2 Å². The molecule has 0 radical (unpaired) electrons. The first-order valence-electron chi connectivity index (χ1n) is 7.84. The van der Waals surface area contributed by atoms with Gasteiger partial charge < -0.3 is 15.0 Å². The van der Waals surface area contributed by atoms with E-state index < -0.39 is 12.0 Å². The average molecular weight is 321 g/mol. The van der Waals surface area contributed by atoms with Crippen LogP contribution in [0.25, 0.3) is 11.4 Å². The van der Waals surface area contributed by atoms with Crippen molar-refractivity contribution in [2.45, 2.75) is 19.6 Å². The van der Waals surface area contributed by atoms with Crippen molar-refractivity contribution in [1.82, 2.24) is 9.55 Å². The number of nitrogens with zero attached hydrogens (tertiary/aromatic N) is 2. The normalized spacial score (nSPS) is 11.9. The van der Waals surface area contributed by atoms with Crippen molar-refractivity contribution >= 4 is 11.6 Å². The molecule has 122 valence electrons. The fraction of sp³-hybridized carbons (Fsp3) is 0.158. The Kier molecular flexibility index (Phi) is 4.72. The van der Waals surface area contributed by atoms with Gasteiger partial charge >= 0.3 is 0 Å². The molecule has 5 heteroatoms. The fourth-order valence-corrected chi connectivity index (χ4v) is 2.56. The summed E-state index contributed by atoms with van der Waals surface area (Å²) in [6.45, 7) is 2.87. The first-order chi connectivity index (χ1) is 11.7. The molecule has 0 unspecified atom stereocenters. The number of anilines is 1. The number of imidazole rings is 1. The minimum atomic E-state index is -1.20. The molecule has 0 bridgehead atoms. The van der Waals surface area contributed by atoms with Crippen molar-refractivity contribution in [2.75, 3.05) is 5.32 Å². The van der Waals surface area contributed by atoms with Gasteiger partial charge in [-0.2, -0.15) is 0 Å². The number of carbonyl (C=O) groups is 1. The third-order valence-electron chi connectivity index (χ3n) is 3.81. The molecule has 1 atom stereocenters. The number of hydrogen-bond donors (Lipinski definition) is 2. The van der Waals surface area contributed by atoms with Gasteiger partial charge in [0, 0.05) is 30.2 Å². The number of hydrogen-bond acceptors (Lipinski definition) is 3. The molecule has 3 aromatic rings. The molecule has 0 saturated carbocycles. The lowest BCUT2D eigenvalue weighted by Crippen LogP contribution is -2.20. The zero-order chi connectivity index (χ0) is 16.9. The van der Waals surface area contributed by atoms with Gasteiger partial charge in [0.2, 0.25) is 0 Å². The van der Waals surface area contributed by atoms with Gasteiger partial charge in [0.05, 0.1) is 0 Å². The number of aliphatic hydroxyl groups excluding tert-OH is 1. The van der Waals surface area contributed by atoms with Gasteiger partial charge in [-0.05, 0) is 24.6 Å². The van der Waals surface area contributed by atoms with Crippen LogP contribution in [0.5, 0.6) is 0 Å². The van der Waals surface area contributed by atoms with Crippen LogP contribution in [0.15, 0.2) is 67.0 Å². The molecule has 1 heterocycles. The largest absolute Gasteiger partial charge is 0.378 e. The minimum Gasteiger partial charge on any atom is -0.378 e. The van der Waals surface area contributed by atoms with Crippen molar-refractivity contribution in [3.05, 3.63) is 72.6 Å². The molecular weight excluding hydrogens is 302 g/mol. The van der Waals surface area contributed by atoms with E-state index in [1.165, 1.54) is 0 Å². The van der Waals surface area contributed by atoms with Crippen LogP contribution in [0.1, 0.15) is 18.6 Å². The van der Waals surface area contributed by atoms with Crippen molar-refractivity contribution in [3.63, 3.8) is 0 Å². The molecule has 3 rings (SSSR count). The minimum absolute atomic E-state index is 0.461. The van der Waals surface area contributed by atoms with Gasteiger partial charge in [0.15, 0.2) is 6.10 Å². The smallest absolute Gasteiger partial charge is 0.257 e. The Morgan fingerprint density at radius 3 is 2.75 bits per heavy atom. The van der Waals surface area contributed by atoms with Gasteiger partial charge in [0.25, 0.3) is 5.91 Å². The van der Waals surface area contributed by atoms with E-state index >= 15 is 0 Å². The highest BCUT2D eigenvalue weighted by atomic mass is 16.3. The van der Waals surface area contributed by atoms with Crippen LogP contribution in [-0.2, 0) is 11.3 Å². The Hall–Kier alpha value is -2.92. The van der Waals surface area contributed by atoms with Gasteiger partial charge in [-0.3, -0.25) is 4.79 Å². The maximum Gasteiger partial charge on any atom is 0.257 e. The lowest BCUT2D eigenvalue weighted by Gasteiger charge is -2.12. The van der Waals surface area contributed by atoms with E-state index in [2.05, 4.69) is 10.3 Å². The van der Waals surface area contributed by atoms with Crippen molar-refractivity contribution in [2.24, 2.45) is 0 Å². The molecule has 0 fully saturated rings. The van der Waals surface area contributed by atoms with Crippen LogP contribution >= 0.6 is 0 Å². The summed E-state index contributed by atoms with van der Waals surface area (Å²) in [4.78, 5) is 16.6. The summed E-state index contributed by atoms with van der Waals surface area (Å²) < 4.78 is 2.03. The van der Waals surface area contributed by atoms with E-state index in [4.69, 9.17) is 0 Å². The fourth-order valence-electron chi connectivity index (χ4n) is 2.56. The highest BCUT2D eigenvalue weighted by molar-refractivity contribution is 5.95. The number of aryl methyl sites for hydroxylation is 1. The van der Waals surface area contributed by atoms with E-state index in [9.17, 15) is 9.90 Å².